The fourth-order valence-electron chi connectivity index (χ4n) is 4.22. The number of thiophene rings is 1. The first-order valence-corrected chi connectivity index (χ1v) is 14.2. The lowest BCUT2D eigenvalue weighted by Crippen LogP contribution is -2.19. The number of methoxy groups -OCH3 is 1. The van der Waals surface area contributed by atoms with Crippen LogP contribution in [0.5, 0.6) is 11.5 Å². The molecule has 1 N–H and O–H groups in total. The van der Waals surface area contributed by atoms with Gasteiger partial charge in [-0.2, -0.15) is 0 Å². The van der Waals surface area contributed by atoms with E-state index >= 15 is 0 Å². The van der Waals surface area contributed by atoms with Gasteiger partial charge in [0, 0.05) is 28.0 Å². The molecule has 1 heterocycles. The van der Waals surface area contributed by atoms with Crippen molar-refractivity contribution in [1.29, 1.82) is 0 Å². The third-order valence-electron chi connectivity index (χ3n) is 6.43. The number of benzene rings is 2. The predicted octanol–water partition coefficient (Wildman–Crippen LogP) is 8.80. The molecule has 0 spiro atoms. The second-order valence-corrected chi connectivity index (χ2v) is 10.9. The molecule has 208 valence electrons. The number of aryl methyl sites for hydroxylation is 1. The molecule has 3 aromatic rings. The lowest BCUT2D eigenvalue weighted by Gasteiger charge is -2.17. The molecule has 1 atom stereocenters. The Morgan fingerprint density at radius 2 is 1.79 bits per heavy atom. The Labute approximate surface area is 229 Å². The van der Waals surface area contributed by atoms with Crippen LogP contribution in [0.1, 0.15) is 64.4 Å². The molecule has 38 heavy (non-hydrogen) atoms. The Morgan fingerprint density at radius 3 is 2.50 bits per heavy atom. The van der Waals surface area contributed by atoms with Gasteiger partial charge in [0.2, 0.25) is 5.92 Å². The molecule has 0 aliphatic carbocycles. The van der Waals surface area contributed by atoms with Crippen molar-refractivity contribution in [3.8, 4) is 21.9 Å². The van der Waals surface area contributed by atoms with E-state index in [4.69, 9.17) is 14.2 Å². The summed E-state index contributed by atoms with van der Waals surface area (Å²) in [4.78, 5) is 1.12. The highest BCUT2D eigenvalue weighted by molar-refractivity contribution is 7.22. The van der Waals surface area contributed by atoms with Gasteiger partial charge in [-0.25, -0.2) is 8.78 Å². The molecule has 4 nitrogen and oxygen atoms in total. The van der Waals surface area contributed by atoms with Crippen molar-refractivity contribution in [3.05, 3.63) is 60.2 Å². The van der Waals surface area contributed by atoms with Gasteiger partial charge in [-0.15, -0.1) is 11.3 Å². The average Bonchev–Trinajstić information content (AvgIpc) is 3.32. The summed E-state index contributed by atoms with van der Waals surface area (Å²) in [7, 11) is 1.71. The zero-order valence-electron chi connectivity index (χ0n) is 22.7. The topological polar surface area (TPSA) is 47.9 Å². The van der Waals surface area contributed by atoms with Crippen LogP contribution in [0.25, 0.3) is 20.5 Å². The van der Waals surface area contributed by atoms with E-state index in [1.165, 1.54) is 24.8 Å². The number of halogens is 2. The van der Waals surface area contributed by atoms with Crippen LogP contribution in [-0.2, 0) is 11.2 Å². The van der Waals surface area contributed by atoms with Crippen LogP contribution in [0, 0.1) is 0 Å². The Kier molecular flexibility index (Phi) is 11.6. The van der Waals surface area contributed by atoms with Gasteiger partial charge in [0.05, 0.1) is 20.3 Å². The van der Waals surface area contributed by atoms with E-state index in [2.05, 4.69) is 37.8 Å². The van der Waals surface area contributed by atoms with Gasteiger partial charge >= 0.3 is 0 Å². The molecule has 0 bridgehead atoms. The van der Waals surface area contributed by atoms with E-state index in [1.807, 2.05) is 18.2 Å². The van der Waals surface area contributed by atoms with Gasteiger partial charge in [-0.05, 0) is 85.5 Å². The molecular formula is C31H40F2O4S. The first kappa shape index (κ1) is 30.1. The second kappa shape index (κ2) is 14.6. The summed E-state index contributed by atoms with van der Waals surface area (Å²) >= 11 is 1.66. The monoisotopic (exact) mass is 546 g/mol. The van der Waals surface area contributed by atoms with Gasteiger partial charge in [0.25, 0.3) is 0 Å². The standard InChI is InChI=1S/C31H40F2O4S/c1-5-6-7-10-23-11-14-26(27(19-23)35-4)29-20-24-12-13-25(21-28(24)38-29)36-17-8-15-31(32,33)16-9-18-37-30(34)22(2)3/h11-14,19-21,30,34H,2,5-10,15-18H2,1,3-4H3. The summed E-state index contributed by atoms with van der Waals surface area (Å²) in [6.45, 7) is 7.69. The summed E-state index contributed by atoms with van der Waals surface area (Å²) < 4.78 is 46.0. The highest BCUT2D eigenvalue weighted by atomic mass is 32.1. The Bertz CT molecular complexity index is 1170. The molecule has 0 fully saturated rings. The molecule has 1 aromatic heterocycles. The van der Waals surface area contributed by atoms with Crippen LogP contribution in [0.2, 0.25) is 0 Å². The Morgan fingerprint density at radius 1 is 1.03 bits per heavy atom. The molecule has 3 rings (SSSR count). The quantitative estimate of drug-likeness (QED) is 0.104. The van der Waals surface area contributed by atoms with E-state index in [1.54, 1.807) is 25.4 Å². The predicted molar refractivity (Wildman–Crippen MR) is 153 cm³/mol. The maximum Gasteiger partial charge on any atom is 0.248 e. The lowest BCUT2D eigenvalue weighted by atomic mass is 10.0. The molecule has 0 aliphatic rings. The first-order valence-electron chi connectivity index (χ1n) is 13.4. The van der Waals surface area contributed by atoms with Crippen molar-refractivity contribution in [2.24, 2.45) is 0 Å². The van der Waals surface area contributed by atoms with Crippen molar-refractivity contribution in [3.63, 3.8) is 0 Å². The summed E-state index contributed by atoms with van der Waals surface area (Å²) in [6.07, 6.45) is 3.43. The zero-order chi connectivity index (χ0) is 27.5. The van der Waals surface area contributed by atoms with Crippen LogP contribution >= 0.6 is 11.3 Å². The van der Waals surface area contributed by atoms with E-state index in [0.29, 0.717) is 11.3 Å². The summed E-state index contributed by atoms with van der Waals surface area (Å²) in [6, 6.07) is 14.5. The minimum Gasteiger partial charge on any atom is -0.496 e. The summed E-state index contributed by atoms with van der Waals surface area (Å²) in [5.41, 5.74) is 2.81. The van der Waals surface area contributed by atoms with Crippen LogP contribution in [-0.4, -0.2) is 37.6 Å². The van der Waals surface area contributed by atoms with Crippen molar-refractivity contribution < 1.29 is 28.1 Å². The fourth-order valence-corrected chi connectivity index (χ4v) is 5.34. The lowest BCUT2D eigenvalue weighted by molar-refractivity contribution is -0.0830. The number of aliphatic hydroxyl groups excluding tert-OH is 1. The number of unbranched alkanes of at least 4 members (excludes halogenated alkanes) is 2. The van der Waals surface area contributed by atoms with Crippen LogP contribution < -0.4 is 9.47 Å². The van der Waals surface area contributed by atoms with E-state index in [-0.39, 0.29) is 38.9 Å². The normalized spacial score (nSPS) is 12.6. The molecule has 0 saturated heterocycles. The molecule has 2 aromatic carbocycles. The zero-order valence-corrected chi connectivity index (χ0v) is 23.5. The number of rotatable bonds is 17. The SMILES string of the molecule is C=C(C)C(O)OCCCC(F)(F)CCCOc1ccc2cc(-c3ccc(CCCCC)cc3OC)sc2c1. The largest absolute Gasteiger partial charge is 0.496 e. The van der Waals surface area contributed by atoms with E-state index in [9.17, 15) is 13.9 Å². The summed E-state index contributed by atoms with van der Waals surface area (Å²) in [5.74, 6) is -1.24. The number of aliphatic hydroxyl groups is 1. The smallest absolute Gasteiger partial charge is 0.248 e. The van der Waals surface area contributed by atoms with Gasteiger partial charge < -0.3 is 19.3 Å². The molecule has 0 radical (unpaired) electrons. The van der Waals surface area contributed by atoms with Crippen molar-refractivity contribution in [2.45, 2.75) is 77.4 Å². The minimum absolute atomic E-state index is 0.0674. The molecule has 7 heteroatoms. The first-order chi connectivity index (χ1) is 18.2. The minimum atomic E-state index is -2.79. The maximum absolute atomic E-state index is 14.2. The fraction of sp³-hybridized carbons (Fsp3) is 0.484. The van der Waals surface area contributed by atoms with Gasteiger partial charge in [-0.1, -0.05) is 32.4 Å². The number of fused-ring (bicyclic) bond motifs is 1. The number of ether oxygens (including phenoxy) is 3. The maximum atomic E-state index is 14.2. The van der Waals surface area contributed by atoms with E-state index < -0.39 is 12.2 Å². The highest BCUT2D eigenvalue weighted by Crippen LogP contribution is 2.40. The van der Waals surface area contributed by atoms with Crippen LogP contribution in [0.4, 0.5) is 8.78 Å². The molecule has 1 unspecified atom stereocenters. The second-order valence-electron chi connectivity index (χ2n) is 9.78. The Hall–Kier alpha value is -2.48. The summed E-state index contributed by atoms with van der Waals surface area (Å²) in [5, 5.41) is 10.6. The third-order valence-corrected chi connectivity index (χ3v) is 7.56. The molecular weight excluding hydrogens is 506 g/mol. The van der Waals surface area contributed by atoms with Crippen molar-refractivity contribution in [1.82, 2.24) is 0 Å². The number of hydrogen-bond donors (Lipinski definition) is 1. The number of hydrogen-bond acceptors (Lipinski definition) is 5. The van der Waals surface area contributed by atoms with Gasteiger partial charge in [0.15, 0.2) is 6.29 Å². The van der Waals surface area contributed by atoms with Gasteiger partial charge in [0.1, 0.15) is 11.5 Å². The van der Waals surface area contributed by atoms with Crippen molar-refractivity contribution >= 4 is 21.4 Å². The molecule has 0 aliphatic heterocycles. The Balaban J connectivity index is 1.52. The highest BCUT2D eigenvalue weighted by Gasteiger charge is 2.27. The van der Waals surface area contributed by atoms with Gasteiger partial charge in [-0.3, -0.25) is 0 Å². The van der Waals surface area contributed by atoms with E-state index in [0.717, 1.165) is 32.7 Å². The number of alkyl halides is 2. The molecule has 0 amide bonds. The van der Waals surface area contributed by atoms with Crippen LogP contribution in [0.15, 0.2) is 54.6 Å². The average molecular weight is 547 g/mol. The van der Waals surface area contributed by atoms with Crippen LogP contribution in [0.3, 0.4) is 0 Å². The third kappa shape index (κ3) is 9.07. The van der Waals surface area contributed by atoms with Crippen molar-refractivity contribution in [2.75, 3.05) is 20.3 Å². The molecule has 0 saturated carbocycles.